The van der Waals surface area contributed by atoms with Crippen LogP contribution < -0.4 is 35.4 Å². The zero-order valence-corrected chi connectivity index (χ0v) is 39.0. The van der Waals surface area contributed by atoms with Crippen molar-refractivity contribution in [2.45, 2.75) is 127 Å². The zero-order valence-electron chi connectivity index (χ0n) is 39.0. The van der Waals surface area contributed by atoms with E-state index < -0.39 is 59.0 Å². The molecule has 5 heterocycles. The Labute approximate surface area is 397 Å². The van der Waals surface area contributed by atoms with Crippen LogP contribution in [0.2, 0.25) is 0 Å². The Bertz CT molecular complexity index is 2420. The molecule has 3 saturated heterocycles. The van der Waals surface area contributed by atoms with Crippen LogP contribution in [0.1, 0.15) is 119 Å². The van der Waals surface area contributed by atoms with Gasteiger partial charge in [-0.15, -0.1) is 13.2 Å². The van der Waals surface area contributed by atoms with Gasteiger partial charge in [0.15, 0.2) is 11.6 Å². The van der Waals surface area contributed by atoms with Gasteiger partial charge in [-0.3, -0.25) is 24.5 Å². The third-order valence-electron chi connectivity index (χ3n) is 15.6. The SMILES string of the molecule is CC[C@@H]1C(=O)N(C)c2cnc(Nc3ccc(C(=O)NC4(CCO)CC5(CCN(CC6CCN(c7cc(F)c(C8CCC(=O)NC8=O)c(F)c7)CC6)CC5)C4)cc3OC(F)(F)F)nc2N1C1CCCC1. The van der Waals surface area contributed by atoms with Gasteiger partial charge in [-0.1, -0.05) is 19.8 Å². The minimum atomic E-state index is -5.08. The second kappa shape index (κ2) is 19.3. The predicted molar refractivity (Wildman–Crippen MR) is 246 cm³/mol. The lowest BCUT2D eigenvalue weighted by Gasteiger charge is -2.59. The maximum Gasteiger partial charge on any atom is 0.573 e. The number of aliphatic hydroxyl groups excluding tert-OH is 1. The van der Waals surface area contributed by atoms with Crippen LogP contribution >= 0.6 is 0 Å². The number of hydrogen-bond donors (Lipinski definition) is 4. The number of imide groups is 1. The monoisotopic (exact) mass is 965 g/mol. The van der Waals surface area contributed by atoms with Gasteiger partial charge < -0.3 is 40.1 Å². The average molecular weight is 966 g/mol. The molecule has 4 amide bonds. The number of likely N-dealkylation sites (N-methyl/N-ethyl adjacent to an activating group) is 1. The fourth-order valence-corrected chi connectivity index (χ4v) is 12.1. The number of carbonyl (C=O) groups is 4. The van der Waals surface area contributed by atoms with E-state index in [4.69, 9.17) is 4.98 Å². The molecule has 372 valence electrons. The topological polar surface area (TPSA) is 173 Å². The van der Waals surface area contributed by atoms with Crippen molar-refractivity contribution in [2.24, 2.45) is 11.3 Å². The Morgan fingerprint density at radius 1 is 0.971 bits per heavy atom. The maximum atomic E-state index is 15.3. The van der Waals surface area contributed by atoms with Crippen LogP contribution in [-0.4, -0.2) is 114 Å². The molecule has 0 radical (unpaired) electrons. The second-order valence-corrected chi connectivity index (χ2v) is 20.1. The van der Waals surface area contributed by atoms with Gasteiger partial charge in [-0.05, 0) is 125 Å². The first-order valence-corrected chi connectivity index (χ1v) is 24.3. The molecule has 15 nitrogen and oxygen atoms in total. The van der Waals surface area contributed by atoms with Gasteiger partial charge >= 0.3 is 6.36 Å². The van der Waals surface area contributed by atoms with Gasteiger partial charge in [0.1, 0.15) is 23.4 Å². The van der Waals surface area contributed by atoms with E-state index in [-0.39, 0.29) is 66.0 Å². The van der Waals surface area contributed by atoms with Gasteiger partial charge in [0, 0.05) is 68.1 Å². The first kappa shape index (κ1) is 48.4. The fourth-order valence-electron chi connectivity index (χ4n) is 12.1. The summed E-state index contributed by atoms with van der Waals surface area (Å²) in [7, 11) is 1.66. The summed E-state index contributed by atoms with van der Waals surface area (Å²) in [4.78, 5) is 68.1. The van der Waals surface area contributed by atoms with Crippen LogP contribution in [0.25, 0.3) is 0 Å². The van der Waals surface area contributed by atoms with Crippen molar-refractivity contribution in [3.63, 3.8) is 0 Å². The minimum Gasteiger partial charge on any atom is -0.404 e. The number of alkyl halides is 3. The summed E-state index contributed by atoms with van der Waals surface area (Å²) in [5.41, 5.74) is -0.343. The van der Waals surface area contributed by atoms with E-state index in [1.54, 1.807) is 7.05 Å². The van der Waals surface area contributed by atoms with Crippen molar-refractivity contribution < 1.29 is 51.0 Å². The van der Waals surface area contributed by atoms with Gasteiger partial charge in [0.05, 0.1) is 17.8 Å². The number of hydrogen-bond acceptors (Lipinski definition) is 12. The molecule has 6 aliphatic rings. The van der Waals surface area contributed by atoms with Crippen LogP contribution in [0.4, 0.5) is 50.8 Å². The molecule has 9 rings (SSSR count). The highest BCUT2D eigenvalue weighted by Gasteiger charge is 2.55. The standard InChI is InChI=1S/C49H60F5N9O6/c1-3-37-45(68)60(2)38-25-55-46(58-42(38)63(37)31-6-4-5-7-31)56-36-10-8-30(22-39(36)69-49(52,53)54)43(66)59-48(16-21-64)27-47(28-48)14-19-61(20-15-47)26-29-12-17-62(18-13-29)32-23-34(50)41(35(51)24-32)33-9-11-40(65)57-44(33)67/h8,10,22-25,29,31,33,37,64H,3-7,9,11-21,26-28H2,1-2H3,(H,59,66)(H,55,56,58)(H,57,65,67)/t33?,37-/m1/s1. The van der Waals surface area contributed by atoms with E-state index in [0.29, 0.717) is 55.5 Å². The Balaban J connectivity index is 0.803. The lowest BCUT2D eigenvalue weighted by molar-refractivity contribution is -0.274. The number of likely N-dealkylation sites (tertiary alicyclic amines) is 1. The van der Waals surface area contributed by atoms with Gasteiger partial charge in [-0.2, -0.15) is 4.98 Å². The Morgan fingerprint density at radius 2 is 1.67 bits per heavy atom. The largest absolute Gasteiger partial charge is 0.573 e. The van der Waals surface area contributed by atoms with Gasteiger partial charge in [0.2, 0.25) is 23.7 Å². The summed E-state index contributed by atoms with van der Waals surface area (Å²) < 4.78 is 76.6. The Morgan fingerprint density at radius 3 is 2.30 bits per heavy atom. The van der Waals surface area contributed by atoms with E-state index in [0.717, 1.165) is 77.1 Å². The number of fused-ring (bicyclic) bond motifs is 1. The molecule has 20 heteroatoms. The molecule has 2 saturated carbocycles. The van der Waals surface area contributed by atoms with Crippen LogP contribution in [0.15, 0.2) is 36.5 Å². The molecule has 4 N–H and O–H groups in total. The van der Waals surface area contributed by atoms with Crippen LogP contribution in [0, 0.1) is 23.0 Å². The molecular weight excluding hydrogens is 906 g/mol. The number of aromatic nitrogens is 2. The third-order valence-corrected chi connectivity index (χ3v) is 15.6. The van der Waals surface area contributed by atoms with Crippen molar-refractivity contribution in [1.29, 1.82) is 0 Å². The summed E-state index contributed by atoms with van der Waals surface area (Å²) in [6, 6.07) is 5.97. The molecule has 1 unspecified atom stereocenters. The summed E-state index contributed by atoms with van der Waals surface area (Å²) >= 11 is 0. The lowest BCUT2D eigenvalue weighted by Crippen LogP contribution is -2.64. The Hall–Kier alpha value is -5.63. The number of rotatable bonds is 13. The number of benzene rings is 2. The highest BCUT2D eigenvalue weighted by atomic mass is 19.4. The molecule has 5 fully saturated rings. The van der Waals surface area contributed by atoms with E-state index >= 15 is 8.78 Å². The molecule has 0 bridgehead atoms. The number of nitrogens with zero attached hydrogens (tertiary/aromatic N) is 6. The summed E-state index contributed by atoms with van der Waals surface area (Å²) in [5.74, 6) is -4.18. The number of halogens is 5. The average Bonchev–Trinajstić information content (AvgIpc) is 3.83. The first-order valence-electron chi connectivity index (χ1n) is 24.3. The lowest BCUT2D eigenvalue weighted by atomic mass is 9.52. The molecule has 1 aromatic heterocycles. The molecule has 2 atom stereocenters. The summed E-state index contributed by atoms with van der Waals surface area (Å²) in [6.07, 6.45) is 5.80. The maximum absolute atomic E-state index is 15.3. The van der Waals surface area contributed by atoms with E-state index in [1.807, 2.05) is 16.7 Å². The minimum absolute atomic E-state index is 0.0000184. The van der Waals surface area contributed by atoms with Crippen LogP contribution in [-0.2, 0) is 14.4 Å². The van der Waals surface area contributed by atoms with E-state index in [9.17, 15) is 37.5 Å². The molecule has 69 heavy (non-hydrogen) atoms. The van der Waals surface area contributed by atoms with Crippen molar-refractivity contribution >= 4 is 52.5 Å². The highest BCUT2D eigenvalue weighted by Crippen LogP contribution is 2.56. The predicted octanol–water partition coefficient (Wildman–Crippen LogP) is 7.06. The fraction of sp³-hybridized carbons (Fsp3) is 0.592. The molecule has 1 spiro atoms. The second-order valence-electron chi connectivity index (χ2n) is 20.1. The third kappa shape index (κ3) is 10.1. The highest BCUT2D eigenvalue weighted by molar-refractivity contribution is 6.04. The number of piperidine rings is 3. The van der Waals surface area contributed by atoms with Crippen molar-refractivity contribution in [1.82, 2.24) is 25.5 Å². The normalized spacial score (nSPS) is 23.2. The van der Waals surface area contributed by atoms with E-state index in [2.05, 4.69) is 30.6 Å². The zero-order chi connectivity index (χ0) is 48.8. The molecule has 2 aromatic carbocycles. The molecular formula is C49H60F5N9O6. The van der Waals surface area contributed by atoms with Crippen molar-refractivity contribution in [2.75, 3.05) is 66.4 Å². The van der Waals surface area contributed by atoms with Crippen molar-refractivity contribution in [3.05, 3.63) is 59.3 Å². The number of anilines is 5. The summed E-state index contributed by atoms with van der Waals surface area (Å²) in [5, 5.41) is 18.2. The van der Waals surface area contributed by atoms with Gasteiger partial charge in [-0.25, -0.2) is 13.8 Å². The number of ether oxygens (including phenoxy) is 1. The molecule has 2 aliphatic carbocycles. The first-order chi connectivity index (χ1) is 33.0. The van der Waals surface area contributed by atoms with Crippen LogP contribution in [0.5, 0.6) is 5.75 Å². The van der Waals surface area contributed by atoms with Crippen molar-refractivity contribution in [3.8, 4) is 5.75 Å². The smallest absolute Gasteiger partial charge is 0.404 e. The number of carbonyl (C=O) groups excluding carboxylic acids is 4. The number of amides is 4. The number of aliphatic hydroxyl groups is 1. The quantitative estimate of drug-likeness (QED) is 0.102. The summed E-state index contributed by atoms with van der Waals surface area (Å²) in [6.45, 7) is 5.56. The molecule has 3 aromatic rings. The van der Waals surface area contributed by atoms with Gasteiger partial charge in [0.25, 0.3) is 5.91 Å². The Kier molecular flexibility index (Phi) is 13.5. The van der Waals surface area contributed by atoms with Crippen LogP contribution in [0.3, 0.4) is 0 Å². The number of nitrogens with one attached hydrogen (secondary N) is 3. The molecule has 4 aliphatic heterocycles. The van der Waals surface area contributed by atoms with E-state index in [1.165, 1.54) is 35.4 Å².